The summed E-state index contributed by atoms with van der Waals surface area (Å²) >= 11 is 0. The summed E-state index contributed by atoms with van der Waals surface area (Å²) in [5.41, 5.74) is 4.50. The highest BCUT2D eigenvalue weighted by atomic mass is 16.4. The second-order valence-electron chi connectivity index (χ2n) is 5.67. The lowest BCUT2D eigenvalue weighted by Crippen LogP contribution is -2.30. The van der Waals surface area contributed by atoms with Gasteiger partial charge in [-0.1, -0.05) is 30.7 Å². The number of nitrogens with zero attached hydrogens (tertiary/aromatic N) is 3. The van der Waals surface area contributed by atoms with E-state index in [9.17, 15) is 4.79 Å². The van der Waals surface area contributed by atoms with Crippen molar-refractivity contribution in [1.82, 2.24) is 14.7 Å². The van der Waals surface area contributed by atoms with E-state index >= 15 is 0 Å². The largest absolute Gasteiger partial charge is 0.480 e. The maximum Gasteiger partial charge on any atom is 0.317 e. The van der Waals surface area contributed by atoms with Crippen molar-refractivity contribution in [3.05, 3.63) is 41.7 Å². The number of carboxylic acids is 1. The minimum Gasteiger partial charge on any atom is -0.480 e. The van der Waals surface area contributed by atoms with Gasteiger partial charge >= 0.3 is 5.97 Å². The lowest BCUT2D eigenvalue weighted by Gasteiger charge is -2.21. The van der Waals surface area contributed by atoms with Gasteiger partial charge in [-0.2, -0.15) is 5.10 Å². The average molecular weight is 301 g/mol. The third-order valence-corrected chi connectivity index (χ3v) is 3.57. The van der Waals surface area contributed by atoms with Crippen LogP contribution in [0.1, 0.15) is 24.5 Å². The molecular weight excluding hydrogens is 278 g/mol. The highest BCUT2D eigenvalue weighted by Gasteiger charge is 2.13. The van der Waals surface area contributed by atoms with Crippen LogP contribution in [0, 0.1) is 6.92 Å². The summed E-state index contributed by atoms with van der Waals surface area (Å²) in [6.45, 7) is 5.59. The van der Waals surface area contributed by atoms with Crippen LogP contribution in [0.2, 0.25) is 0 Å². The van der Waals surface area contributed by atoms with Gasteiger partial charge in [0.2, 0.25) is 0 Å². The van der Waals surface area contributed by atoms with Gasteiger partial charge in [0.15, 0.2) is 0 Å². The van der Waals surface area contributed by atoms with Crippen LogP contribution in [-0.4, -0.2) is 38.8 Å². The molecule has 0 saturated heterocycles. The quantitative estimate of drug-likeness (QED) is 0.854. The number of hydrogen-bond donors (Lipinski definition) is 1. The number of carboxylic acid groups (broad SMARTS) is 1. The molecular formula is C17H23N3O2. The van der Waals surface area contributed by atoms with E-state index in [0.29, 0.717) is 6.54 Å². The number of carbonyl (C=O) groups is 1. The third-order valence-electron chi connectivity index (χ3n) is 3.57. The predicted octanol–water partition coefficient (Wildman–Crippen LogP) is 2.69. The van der Waals surface area contributed by atoms with Crippen LogP contribution >= 0.6 is 0 Å². The van der Waals surface area contributed by atoms with E-state index in [-0.39, 0.29) is 6.54 Å². The van der Waals surface area contributed by atoms with Crippen LogP contribution in [0.15, 0.2) is 30.6 Å². The van der Waals surface area contributed by atoms with Gasteiger partial charge in [-0.05, 0) is 31.0 Å². The number of aromatic nitrogens is 2. The molecule has 118 valence electrons. The number of benzene rings is 1. The standard InChI is InChI=1S/C17H23N3O2/c1-4-7-20(12-17(21)22)11-14-6-5-13(2)8-16(14)15-9-18-19(3)10-15/h5-6,8-10H,4,7,11-12H2,1-3H3,(H,21,22). The zero-order chi connectivity index (χ0) is 16.1. The van der Waals surface area contributed by atoms with Gasteiger partial charge in [-0.25, -0.2) is 0 Å². The summed E-state index contributed by atoms with van der Waals surface area (Å²) in [5.74, 6) is -0.788. The predicted molar refractivity (Wildman–Crippen MR) is 86.6 cm³/mol. The fraction of sp³-hybridized carbons (Fsp3) is 0.412. The normalized spacial score (nSPS) is 11.1. The Labute approximate surface area is 131 Å². The van der Waals surface area contributed by atoms with Crippen molar-refractivity contribution in [3.63, 3.8) is 0 Å². The summed E-state index contributed by atoms with van der Waals surface area (Å²) in [4.78, 5) is 13.0. The van der Waals surface area contributed by atoms with Crippen LogP contribution in [0.4, 0.5) is 0 Å². The van der Waals surface area contributed by atoms with E-state index in [1.54, 1.807) is 4.68 Å². The number of rotatable bonds is 7. The molecule has 2 rings (SSSR count). The first kappa shape index (κ1) is 16.2. The molecule has 0 fully saturated rings. The average Bonchev–Trinajstić information content (AvgIpc) is 2.87. The Hall–Kier alpha value is -2.14. The van der Waals surface area contributed by atoms with Crippen LogP contribution < -0.4 is 0 Å². The Bertz CT molecular complexity index is 649. The molecule has 0 amide bonds. The summed E-state index contributed by atoms with van der Waals surface area (Å²) < 4.78 is 1.78. The topological polar surface area (TPSA) is 58.4 Å². The Morgan fingerprint density at radius 2 is 2.18 bits per heavy atom. The molecule has 1 aromatic carbocycles. The van der Waals surface area contributed by atoms with E-state index in [1.165, 1.54) is 5.56 Å². The maximum atomic E-state index is 11.0. The zero-order valence-corrected chi connectivity index (χ0v) is 13.4. The van der Waals surface area contributed by atoms with Crippen LogP contribution in [0.25, 0.3) is 11.1 Å². The molecule has 0 spiro atoms. The fourth-order valence-corrected chi connectivity index (χ4v) is 2.62. The lowest BCUT2D eigenvalue weighted by atomic mass is 9.99. The first-order valence-electron chi connectivity index (χ1n) is 7.52. The third kappa shape index (κ3) is 4.18. The van der Waals surface area contributed by atoms with E-state index in [0.717, 1.165) is 29.7 Å². The zero-order valence-electron chi connectivity index (χ0n) is 13.4. The molecule has 1 heterocycles. The van der Waals surface area contributed by atoms with Gasteiger partial charge in [0.05, 0.1) is 12.7 Å². The number of aryl methyl sites for hydroxylation is 2. The van der Waals surface area contributed by atoms with Gasteiger partial charge in [0.1, 0.15) is 0 Å². The van der Waals surface area contributed by atoms with Gasteiger partial charge in [0.25, 0.3) is 0 Å². The summed E-state index contributed by atoms with van der Waals surface area (Å²) in [5, 5.41) is 13.3. The molecule has 2 aromatic rings. The van der Waals surface area contributed by atoms with E-state index in [1.807, 2.05) is 24.3 Å². The minimum absolute atomic E-state index is 0.0637. The Morgan fingerprint density at radius 3 is 2.77 bits per heavy atom. The van der Waals surface area contributed by atoms with Crippen molar-refractivity contribution in [2.75, 3.05) is 13.1 Å². The molecule has 0 bridgehead atoms. The number of hydrogen-bond acceptors (Lipinski definition) is 3. The second kappa shape index (κ2) is 7.22. The monoisotopic (exact) mass is 301 g/mol. The molecule has 0 unspecified atom stereocenters. The molecule has 0 aliphatic rings. The van der Waals surface area contributed by atoms with Crippen molar-refractivity contribution >= 4 is 5.97 Å². The van der Waals surface area contributed by atoms with Crippen LogP contribution in [-0.2, 0) is 18.4 Å². The van der Waals surface area contributed by atoms with Gasteiger partial charge in [-0.3, -0.25) is 14.4 Å². The highest BCUT2D eigenvalue weighted by molar-refractivity contribution is 5.69. The fourth-order valence-electron chi connectivity index (χ4n) is 2.62. The van der Waals surface area contributed by atoms with Crippen molar-refractivity contribution in [3.8, 4) is 11.1 Å². The lowest BCUT2D eigenvalue weighted by molar-refractivity contribution is -0.138. The molecule has 5 nitrogen and oxygen atoms in total. The van der Waals surface area contributed by atoms with Crippen molar-refractivity contribution in [1.29, 1.82) is 0 Å². The molecule has 0 atom stereocenters. The molecule has 5 heteroatoms. The van der Waals surface area contributed by atoms with Crippen LogP contribution in [0.3, 0.4) is 0 Å². The second-order valence-corrected chi connectivity index (χ2v) is 5.67. The first-order chi connectivity index (χ1) is 10.5. The van der Waals surface area contributed by atoms with E-state index < -0.39 is 5.97 Å². The molecule has 0 aliphatic carbocycles. The van der Waals surface area contributed by atoms with Gasteiger partial charge in [0, 0.05) is 25.4 Å². The molecule has 0 radical (unpaired) electrons. The maximum absolute atomic E-state index is 11.0. The summed E-state index contributed by atoms with van der Waals surface area (Å²) in [6.07, 6.45) is 4.76. The smallest absolute Gasteiger partial charge is 0.317 e. The SMILES string of the molecule is CCCN(CC(=O)O)Cc1ccc(C)cc1-c1cnn(C)c1. The Kier molecular flexibility index (Phi) is 5.33. The Balaban J connectivity index is 2.31. The van der Waals surface area contributed by atoms with Crippen LogP contribution in [0.5, 0.6) is 0 Å². The summed E-state index contributed by atoms with van der Waals surface area (Å²) in [6, 6.07) is 6.29. The first-order valence-corrected chi connectivity index (χ1v) is 7.52. The molecule has 0 aliphatic heterocycles. The van der Waals surface area contributed by atoms with Crippen molar-refractivity contribution in [2.24, 2.45) is 7.05 Å². The molecule has 1 aromatic heterocycles. The van der Waals surface area contributed by atoms with Crippen molar-refractivity contribution < 1.29 is 9.90 Å². The Morgan fingerprint density at radius 1 is 1.41 bits per heavy atom. The van der Waals surface area contributed by atoms with E-state index in [4.69, 9.17) is 5.11 Å². The number of aliphatic carboxylic acids is 1. The minimum atomic E-state index is -0.788. The van der Waals surface area contributed by atoms with Gasteiger partial charge < -0.3 is 5.11 Å². The highest BCUT2D eigenvalue weighted by Crippen LogP contribution is 2.25. The van der Waals surface area contributed by atoms with Crippen molar-refractivity contribution in [2.45, 2.75) is 26.8 Å². The molecule has 22 heavy (non-hydrogen) atoms. The molecule has 0 saturated carbocycles. The van der Waals surface area contributed by atoms with E-state index in [2.05, 4.69) is 37.1 Å². The van der Waals surface area contributed by atoms with Gasteiger partial charge in [-0.15, -0.1) is 0 Å². The summed E-state index contributed by atoms with van der Waals surface area (Å²) in [7, 11) is 1.90. The molecule has 1 N–H and O–H groups in total.